The Morgan fingerprint density at radius 2 is 1.91 bits per heavy atom. The Morgan fingerprint density at radius 1 is 1.19 bits per heavy atom. The van der Waals surface area contributed by atoms with Crippen molar-refractivity contribution in [3.63, 3.8) is 0 Å². The minimum atomic E-state index is -0.654. The van der Waals surface area contributed by atoms with E-state index in [1.54, 1.807) is 48.7 Å². The van der Waals surface area contributed by atoms with Crippen LogP contribution in [0, 0.1) is 0 Å². The van der Waals surface area contributed by atoms with Gasteiger partial charge in [-0.3, -0.25) is 14.6 Å². The van der Waals surface area contributed by atoms with Gasteiger partial charge in [0.25, 0.3) is 0 Å². The Kier molecular flexibility index (Phi) is 7.17. The number of hydrogen-bond donors (Lipinski definition) is 1. The summed E-state index contributed by atoms with van der Waals surface area (Å²) in [5.41, 5.74) is 8.78. The fourth-order valence-electron chi connectivity index (χ4n) is 3.20. The topological polar surface area (TPSA) is 91.5 Å². The smallest absolute Gasteiger partial charge is 0.319 e. The molecule has 0 spiro atoms. The third-order valence-corrected chi connectivity index (χ3v) is 4.99. The highest BCUT2D eigenvalue weighted by molar-refractivity contribution is 6.30. The second-order valence-corrected chi connectivity index (χ2v) is 7.62. The van der Waals surface area contributed by atoms with Crippen LogP contribution >= 0.6 is 11.6 Å². The summed E-state index contributed by atoms with van der Waals surface area (Å²) in [4.78, 5) is 27.1. The first-order valence-electron chi connectivity index (χ1n) is 9.71. The van der Waals surface area contributed by atoms with E-state index >= 15 is 0 Å². The SMILES string of the molecule is COc1ccc(N(C=O)c2ccc(C=NN(C)C)cc2)c(C2=CC=C(Cl)CN2C(N)=O)c1. The zero-order valence-electron chi connectivity index (χ0n) is 18.0. The van der Waals surface area contributed by atoms with Crippen molar-refractivity contribution in [2.45, 2.75) is 0 Å². The molecule has 32 heavy (non-hydrogen) atoms. The molecule has 2 N–H and O–H groups in total. The van der Waals surface area contributed by atoms with E-state index < -0.39 is 6.03 Å². The molecular formula is C23H24ClN5O3. The number of hydrazone groups is 1. The summed E-state index contributed by atoms with van der Waals surface area (Å²) < 4.78 is 5.37. The third kappa shape index (κ3) is 5.09. The number of methoxy groups -OCH3 is 1. The van der Waals surface area contributed by atoms with Gasteiger partial charge in [-0.25, -0.2) is 4.79 Å². The lowest BCUT2D eigenvalue weighted by Crippen LogP contribution is -2.36. The molecule has 0 bridgehead atoms. The van der Waals surface area contributed by atoms with Crippen molar-refractivity contribution in [3.05, 3.63) is 70.8 Å². The maximum absolute atomic E-state index is 12.2. The van der Waals surface area contributed by atoms with Gasteiger partial charge in [0.15, 0.2) is 0 Å². The van der Waals surface area contributed by atoms with Crippen LogP contribution in [-0.2, 0) is 4.79 Å². The zero-order valence-corrected chi connectivity index (χ0v) is 18.8. The van der Waals surface area contributed by atoms with Gasteiger partial charge in [0, 0.05) is 30.4 Å². The molecule has 2 aromatic carbocycles. The second kappa shape index (κ2) is 10.0. The molecule has 0 unspecified atom stereocenters. The van der Waals surface area contributed by atoms with E-state index in [1.807, 2.05) is 38.4 Å². The number of primary amides is 1. The summed E-state index contributed by atoms with van der Waals surface area (Å²) in [7, 11) is 5.21. The molecule has 1 heterocycles. The lowest BCUT2D eigenvalue weighted by Gasteiger charge is -2.29. The van der Waals surface area contributed by atoms with Gasteiger partial charge in [0.05, 0.1) is 31.3 Å². The highest BCUT2D eigenvalue weighted by Gasteiger charge is 2.25. The molecule has 0 radical (unpaired) electrons. The molecule has 0 saturated carbocycles. The van der Waals surface area contributed by atoms with E-state index in [2.05, 4.69) is 5.10 Å². The van der Waals surface area contributed by atoms with E-state index in [-0.39, 0.29) is 6.54 Å². The molecule has 0 aliphatic carbocycles. The Morgan fingerprint density at radius 3 is 2.50 bits per heavy atom. The number of halogens is 1. The van der Waals surface area contributed by atoms with Gasteiger partial charge in [0.1, 0.15) is 5.75 Å². The van der Waals surface area contributed by atoms with Crippen LogP contribution in [0.5, 0.6) is 5.75 Å². The van der Waals surface area contributed by atoms with Crippen molar-refractivity contribution in [2.24, 2.45) is 10.8 Å². The quantitative estimate of drug-likeness (QED) is 0.392. The summed E-state index contributed by atoms with van der Waals surface area (Å²) >= 11 is 6.11. The van der Waals surface area contributed by atoms with Crippen LogP contribution in [0.4, 0.5) is 16.2 Å². The number of hydrogen-bond acceptors (Lipinski definition) is 5. The van der Waals surface area contributed by atoms with Crippen LogP contribution in [0.2, 0.25) is 0 Å². The number of nitrogens with two attached hydrogens (primary N) is 1. The molecule has 2 aromatic rings. The summed E-state index contributed by atoms with van der Waals surface area (Å²) in [6, 6.07) is 11.9. The van der Waals surface area contributed by atoms with E-state index in [4.69, 9.17) is 22.1 Å². The number of carbonyl (C=O) groups is 2. The molecule has 1 aliphatic rings. The summed E-state index contributed by atoms with van der Waals surface area (Å²) in [6.45, 7) is 0.139. The van der Waals surface area contributed by atoms with Crippen molar-refractivity contribution >= 4 is 47.3 Å². The number of ether oxygens (including phenoxy) is 1. The van der Waals surface area contributed by atoms with Crippen molar-refractivity contribution in [1.29, 1.82) is 0 Å². The number of allylic oxidation sites excluding steroid dienone is 2. The number of urea groups is 1. The Hall–Kier alpha value is -3.78. The third-order valence-electron chi connectivity index (χ3n) is 4.74. The molecule has 3 rings (SSSR count). The maximum Gasteiger partial charge on any atom is 0.319 e. The van der Waals surface area contributed by atoms with E-state index in [1.165, 1.54) is 9.80 Å². The van der Waals surface area contributed by atoms with Crippen LogP contribution in [0.25, 0.3) is 5.70 Å². The van der Waals surface area contributed by atoms with Crippen molar-refractivity contribution in [2.75, 3.05) is 32.6 Å². The average Bonchev–Trinajstić information content (AvgIpc) is 2.79. The number of carbonyl (C=O) groups excluding carboxylic acids is 2. The summed E-state index contributed by atoms with van der Waals surface area (Å²) in [6.07, 6.45) is 5.83. The van der Waals surface area contributed by atoms with Gasteiger partial charge in [-0.1, -0.05) is 23.7 Å². The number of rotatable bonds is 7. The minimum absolute atomic E-state index is 0.139. The van der Waals surface area contributed by atoms with Gasteiger partial charge in [-0.15, -0.1) is 0 Å². The molecule has 0 aromatic heterocycles. The Bertz CT molecular complexity index is 1090. The van der Waals surface area contributed by atoms with Gasteiger partial charge in [-0.2, -0.15) is 5.10 Å². The normalized spacial score (nSPS) is 13.4. The van der Waals surface area contributed by atoms with Gasteiger partial charge < -0.3 is 15.5 Å². The zero-order chi connectivity index (χ0) is 23.3. The predicted octanol–water partition coefficient (Wildman–Crippen LogP) is 3.74. The van der Waals surface area contributed by atoms with Gasteiger partial charge >= 0.3 is 6.03 Å². The first kappa shape index (κ1) is 22.9. The largest absolute Gasteiger partial charge is 0.497 e. The van der Waals surface area contributed by atoms with Crippen LogP contribution in [0.3, 0.4) is 0 Å². The molecule has 0 saturated heterocycles. The van der Waals surface area contributed by atoms with Crippen molar-refractivity contribution in [3.8, 4) is 5.75 Å². The fourth-order valence-corrected chi connectivity index (χ4v) is 3.38. The first-order chi connectivity index (χ1) is 15.3. The summed E-state index contributed by atoms with van der Waals surface area (Å²) in [5, 5.41) is 6.38. The number of anilines is 2. The number of nitrogens with zero attached hydrogens (tertiary/aromatic N) is 4. The van der Waals surface area contributed by atoms with Crippen LogP contribution in [-0.4, -0.2) is 56.3 Å². The number of amides is 3. The second-order valence-electron chi connectivity index (χ2n) is 7.13. The van der Waals surface area contributed by atoms with Crippen molar-refractivity contribution < 1.29 is 14.3 Å². The van der Waals surface area contributed by atoms with Crippen molar-refractivity contribution in [1.82, 2.24) is 9.91 Å². The highest BCUT2D eigenvalue weighted by atomic mass is 35.5. The standard InChI is InChI=1S/C23H24ClN5O3/c1-27(2)26-13-16-4-7-18(8-5-16)29(15-30)22-11-9-19(32-3)12-20(22)21-10-6-17(24)14-28(21)23(25)31/h4-13,15H,14H2,1-3H3,(H2,25,31). The van der Waals surface area contributed by atoms with Gasteiger partial charge in [-0.05, 0) is 48.0 Å². The summed E-state index contributed by atoms with van der Waals surface area (Å²) in [5.74, 6) is 0.566. The molecule has 1 aliphatic heterocycles. The van der Waals surface area contributed by atoms with Gasteiger partial charge in [0.2, 0.25) is 6.41 Å². The van der Waals surface area contributed by atoms with E-state index in [0.717, 1.165) is 12.0 Å². The predicted molar refractivity (Wildman–Crippen MR) is 127 cm³/mol. The lowest BCUT2D eigenvalue weighted by atomic mass is 10.0. The van der Waals surface area contributed by atoms with Crippen LogP contribution in [0.15, 0.2) is 64.8 Å². The Balaban J connectivity index is 2.08. The van der Waals surface area contributed by atoms with E-state index in [0.29, 0.717) is 33.4 Å². The van der Waals surface area contributed by atoms with Crippen LogP contribution in [0.1, 0.15) is 11.1 Å². The molecule has 8 nitrogen and oxygen atoms in total. The molecule has 0 fully saturated rings. The monoisotopic (exact) mass is 453 g/mol. The average molecular weight is 454 g/mol. The Labute approximate surface area is 191 Å². The molecule has 166 valence electrons. The van der Waals surface area contributed by atoms with Crippen LogP contribution < -0.4 is 15.4 Å². The fraction of sp³-hybridized carbons (Fsp3) is 0.174. The molecular weight excluding hydrogens is 430 g/mol. The molecule has 9 heteroatoms. The lowest BCUT2D eigenvalue weighted by molar-refractivity contribution is -0.106. The minimum Gasteiger partial charge on any atom is -0.497 e. The maximum atomic E-state index is 12.2. The number of benzene rings is 2. The molecule has 3 amide bonds. The molecule has 0 atom stereocenters. The highest BCUT2D eigenvalue weighted by Crippen LogP contribution is 2.37. The van der Waals surface area contributed by atoms with E-state index in [9.17, 15) is 9.59 Å². The first-order valence-corrected chi connectivity index (χ1v) is 10.1.